The average Bonchev–Trinajstić information content (AvgIpc) is 2.70. The molecule has 3 rings (SSSR count). The quantitative estimate of drug-likeness (QED) is 0.848. The van der Waals surface area contributed by atoms with Gasteiger partial charge in [0.2, 0.25) is 0 Å². The van der Waals surface area contributed by atoms with Crippen molar-refractivity contribution in [2.24, 2.45) is 0 Å². The van der Waals surface area contributed by atoms with Gasteiger partial charge >= 0.3 is 0 Å². The van der Waals surface area contributed by atoms with Gasteiger partial charge in [-0.25, -0.2) is 4.39 Å². The minimum absolute atomic E-state index is 0.0719. The first-order valence-electron chi connectivity index (χ1n) is 8.45. The van der Waals surface area contributed by atoms with Crippen molar-refractivity contribution < 1.29 is 13.9 Å². The van der Waals surface area contributed by atoms with E-state index >= 15 is 0 Å². The maximum absolute atomic E-state index is 13.1. The maximum atomic E-state index is 13.1. The molecule has 0 unspecified atom stereocenters. The number of ether oxygens (including phenoxy) is 1. The summed E-state index contributed by atoms with van der Waals surface area (Å²) in [7, 11) is 1.55. The molecule has 2 aromatic carbocycles. The van der Waals surface area contributed by atoms with Gasteiger partial charge in [-0.2, -0.15) is 5.26 Å². The van der Waals surface area contributed by atoms with Crippen molar-refractivity contribution in [2.45, 2.75) is 6.04 Å². The standard InChI is InChI=1S/C20H20FN3O2/c1-26-19-5-3-2-4-17(19)20(25)24-12-10-23(11-13-24)18(14-22)15-6-8-16(21)9-7-15/h2-9,18H,10-13H2,1H3/t18-/m1/s1. The molecule has 0 N–H and O–H groups in total. The largest absolute Gasteiger partial charge is 0.496 e. The lowest BCUT2D eigenvalue weighted by Gasteiger charge is -2.37. The third-order valence-corrected chi connectivity index (χ3v) is 4.61. The van der Waals surface area contributed by atoms with Gasteiger partial charge in [-0.3, -0.25) is 9.69 Å². The van der Waals surface area contributed by atoms with Gasteiger partial charge in [-0.15, -0.1) is 0 Å². The summed E-state index contributed by atoms with van der Waals surface area (Å²) in [5, 5.41) is 9.54. The lowest BCUT2D eigenvalue weighted by Crippen LogP contribution is -2.49. The molecule has 0 aliphatic carbocycles. The van der Waals surface area contributed by atoms with Crippen molar-refractivity contribution in [3.63, 3.8) is 0 Å². The van der Waals surface area contributed by atoms with E-state index in [2.05, 4.69) is 6.07 Å². The molecular weight excluding hydrogens is 333 g/mol. The first-order valence-corrected chi connectivity index (χ1v) is 8.45. The van der Waals surface area contributed by atoms with Gasteiger partial charge in [0.25, 0.3) is 5.91 Å². The Morgan fingerprint density at radius 2 is 1.77 bits per heavy atom. The Morgan fingerprint density at radius 3 is 2.38 bits per heavy atom. The maximum Gasteiger partial charge on any atom is 0.257 e. The molecule has 1 amide bonds. The van der Waals surface area contributed by atoms with Crippen molar-refractivity contribution in [2.75, 3.05) is 33.3 Å². The predicted octanol–water partition coefficient (Wildman–Crippen LogP) is 2.86. The van der Waals surface area contributed by atoms with E-state index in [1.807, 2.05) is 17.0 Å². The highest BCUT2D eigenvalue weighted by molar-refractivity contribution is 5.97. The zero-order chi connectivity index (χ0) is 18.5. The summed E-state index contributed by atoms with van der Waals surface area (Å²) in [5.41, 5.74) is 1.30. The average molecular weight is 353 g/mol. The number of carbonyl (C=O) groups excluding carboxylic acids is 1. The smallest absolute Gasteiger partial charge is 0.257 e. The molecule has 1 aliphatic rings. The number of methoxy groups -OCH3 is 1. The third-order valence-electron chi connectivity index (χ3n) is 4.61. The van der Waals surface area contributed by atoms with Crippen LogP contribution >= 0.6 is 0 Å². The van der Waals surface area contributed by atoms with Crippen LogP contribution in [0.4, 0.5) is 4.39 Å². The molecule has 0 spiro atoms. The Bertz CT molecular complexity index is 809. The Hall–Kier alpha value is -2.91. The van der Waals surface area contributed by atoms with Gasteiger partial charge in [-0.1, -0.05) is 24.3 Å². The van der Waals surface area contributed by atoms with E-state index < -0.39 is 6.04 Å². The summed E-state index contributed by atoms with van der Waals surface area (Å²) in [5.74, 6) is 0.163. The number of amides is 1. The zero-order valence-corrected chi connectivity index (χ0v) is 14.6. The number of para-hydroxylation sites is 1. The minimum atomic E-state index is -0.445. The highest BCUT2D eigenvalue weighted by Crippen LogP contribution is 2.24. The van der Waals surface area contributed by atoms with E-state index in [9.17, 15) is 14.4 Å². The molecular formula is C20H20FN3O2. The summed E-state index contributed by atoms with van der Waals surface area (Å²) >= 11 is 0. The summed E-state index contributed by atoms with van der Waals surface area (Å²) in [4.78, 5) is 16.5. The number of benzene rings is 2. The van der Waals surface area contributed by atoms with Crippen LogP contribution in [0, 0.1) is 17.1 Å². The lowest BCUT2D eigenvalue weighted by molar-refractivity contribution is 0.0603. The summed E-state index contributed by atoms with van der Waals surface area (Å²) in [6.07, 6.45) is 0. The molecule has 1 saturated heterocycles. The summed E-state index contributed by atoms with van der Waals surface area (Å²) < 4.78 is 18.4. The fraction of sp³-hybridized carbons (Fsp3) is 0.300. The third kappa shape index (κ3) is 3.68. The predicted molar refractivity (Wildman–Crippen MR) is 95.2 cm³/mol. The monoisotopic (exact) mass is 353 g/mol. The number of rotatable bonds is 4. The first-order chi connectivity index (χ1) is 12.6. The van der Waals surface area contributed by atoms with Crippen LogP contribution in [0.5, 0.6) is 5.75 Å². The fourth-order valence-electron chi connectivity index (χ4n) is 3.19. The van der Waals surface area contributed by atoms with Gasteiger partial charge in [0, 0.05) is 26.2 Å². The van der Waals surface area contributed by atoms with E-state index in [1.54, 1.807) is 36.3 Å². The normalized spacial score (nSPS) is 16.0. The van der Waals surface area contributed by atoms with Crippen LogP contribution in [0.1, 0.15) is 22.0 Å². The van der Waals surface area contributed by atoms with Crippen molar-refractivity contribution >= 4 is 5.91 Å². The number of hydrogen-bond donors (Lipinski definition) is 0. The van der Waals surface area contributed by atoms with Crippen LogP contribution in [0.25, 0.3) is 0 Å². The minimum Gasteiger partial charge on any atom is -0.496 e. The van der Waals surface area contributed by atoms with Crippen molar-refractivity contribution in [1.82, 2.24) is 9.80 Å². The highest BCUT2D eigenvalue weighted by atomic mass is 19.1. The van der Waals surface area contributed by atoms with Crippen molar-refractivity contribution in [1.29, 1.82) is 5.26 Å². The lowest BCUT2D eigenvalue weighted by atomic mass is 10.1. The molecule has 0 saturated carbocycles. The fourth-order valence-corrected chi connectivity index (χ4v) is 3.19. The van der Waals surface area contributed by atoms with E-state index in [-0.39, 0.29) is 11.7 Å². The molecule has 0 aromatic heterocycles. The molecule has 26 heavy (non-hydrogen) atoms. The topological polar surface area (TPSA) is 56.6 Å². The van der Waals surface area contributed by atoms with Crippen LogP contribution < -0.4 is 4.74 Å². The summed E-state index contributed by atoms with van der Waals surface area (Å²) in [6, 6.07) is 15.0. The van der Waals surface area contributed by atoms with Gasteiger partial charge in [0.05, 0.1) is 18.7 Å². The molecule has 1 heterocycles. The molecule has 6 heteroatoms. The Labute approximate surface area is 152 Å². The molecule has 1 atom stereocenters. The molecule has 134 valence electrons. The molecule has 1 aliphatic heterocycles. The zero-order valence-electron chi connectivity index (χ0n) is 14.6. The van der Waals surface area contributed by atoms with Crippen LogP contribution in [0.2, 0.25) is 0 Å². The number of nitrogens with zero attached hydrogens (tertiary/aromatic N) is 3. The second kappa shape index (κ2) is 7.98. The Morgan fingerprint density at radius 1 is 1.12 bits per heavy atom. The van der Waals surface area contributed by atoms with Crippen molar-refractivity contribution in [3.05, 3.63) is 65.5 Å². The Kier molecular flexibility index (Phi) is 5.49. The van der Waals surface area contributed by atoms with E-state index in [1.165, 1.54) is 12.1 Å². The SMILES string of the molecule is COc1ccccc1C(=O)N1CCN([C@H](C#N)c2ccc(F)cc2)CC1. The number of halogens is 1. The van der Waals surface area contributed by atoms with Gasteiger partial charge in [0.15, 0.2) is 0 Å². The molecule has 1 fully saturated rings. The highest BCUT2D eigenvalue weighted by Gasteiger charge is 2.28. The molecule has 2 aromatic rings. The number of carbonyl (C=O) groups is 1. The molecule has 5 nitrogen and oxygen atoms in total. The second-order valence-electron chi connectivity index (χ2n) is 6.11. The second-order valence-corrected chi connectivity index (χ2v) is 6.11. The van der Waals surface area contributed by atoms with E-state index in [4.69, 9.17) is 4.74 Å². The van der Waals surface area contributed by atoms with E-state index in [0.717, 1.165) is 5.56 Å². The molecule has 0 radical (unpaired) electrons. The number of hydrogen-bond acceptors (Lipinski definition) is 4. The van der Waals surface area contributed by atoms with Gasteiger partial charge in [0.1, 0.15) is 17.6 Å². The van der Waals surface area contributed by atoms with Crippen LogP contribution in [0.3, 0.4) is 0 Å². The van der Waals surface area contributed by atoms with Crippen molar-refractivity contribution in [3.8, 4) is 11.8 Å². The number of nitriles is 1. The Balaban J connectivity index is 1.67. The van der Waals surface area contributed by atoms with Gasteiger partial charge < -0.3 is 9.64 Å². The van der Waals surface area contributed by atoms with Gasteiger partial charge in [-0.05, 0) is 29.8 Å². The molecule has 0 bridgehead atoms. The van der Waals surface area contributed by atoms with E-state index in [0.29, 0.717) is 37.5 Å². The number of piperazine rings is 1. The van der Waals surface area contributed by atoms with Crippen LogP contribution in [-0.2, 0) is 0 Å². The summed E-state index contributed by atoms with van der Waals surface area (Å²) in [6.45, 7) is 2.21. The van der Waals surface area contributed by atoms with Crippen LogP contribution in [-0.4, -0.2) is 49.0 Å². The van der Waals surface area contributed by atoms with Crippen LogP contribution in [0.15, 0.2) is 48.5 Å². The first kappa shape index (κ1) is 17.9.